The molecule has 6 rings (SSSR count). The second-order valence-corrected chi connectivity index (χ2v) is 8.44. The zero-order valence-electron chi connectivity index (χ0n) is 18.4. The van der Waals surface area contributed by atoms with E-state index in [4.69, 9.17) is 0 Å². The van der Waals surface area contributed by atoms with Gasteiger partial charge in [-0.1, -0.05) is 6.07 Å². The summed E-state index contributed by atoms with van der Waals surface area (Å²) in [6, 6.07) is 8.29. The number of hydrogen-bond donors (Lipinski definition) is 2. The van der Waals surface area contributed by atoms with Gasteiger partial charge in [0.1, 0.15) is 17.1 Å². The Balaban J connectivity index is 1.15. The van der Waals surface area contributed by atoms with E-state index in [0.29, 0.717) is 12.5 Å². The minimum absolute atomic E-state index is 0.587. The van der Waals surface area contributed by atoms with Crippen LogP contribution in [-0.4, -0.2) is 67.4 Å². The number of H-pyrrole nitrogens is 1. The molecule has 0 atom stereocenters. The zero-order valence-corrected chi connectivity index (χ0v) is 18.4. The minimum Gasteiger partial charge on any atom is -0.354 e. The SMILES string of the molecule is CN1CCN(c2ccc(CNc3ncc4c(-c5ccc6nccn6c5)c[nH]c4n3)cn2)CC1. The fraction of sp³-hybridized carbons (Fsp3) is 0.250. The summed E-state index contributed by atoms with van der Waals surface area (Å²) in [5, 5.41) is 4.30. The normalized spacial score (nSPS) is 14.9. The number of imidazole rings is 1. The van der Waals surface area contributed by atoms with Crippen LogP contribution in [0.4, 0.5) is 11.8 Å². The van der Waals surface area contributed by atoms with E-state index < -0.39 is 0 Å². The van der Waals surface area contributed by atoms with E-state index in [1.165, 1.54) is 0 Å². The van der Waals surface area contributed by atoms with Gasteiger partial charge in [-0.25, -0.2) is 15.0 Å². The first-order valence-corrected chi connectivity index (χ1v) is 11.1. The number of likely N-dealkylation sites (N-methyl/N-ethyl adjacent to an activating group) is 1. The highest BCUT2D eigenvalue weighted by Gasteiger charge is 2.15. The van der Waals surface area contributed by atoms with Crippen molar-refractivity contribution in [2.24, 2.45) is 0 Å². The highest BCUT2D eigenvalue weighted by atomic mass is 15.3. The van der Waals surface area contributed by atoms with E-state index in [1.807, 2.05) is 35.3 Å². The van der Waals surface area contributed by atoms with E-state index in [1.54, 1.807) is 6.20 Å². The Morgan fingerprint density at radius 3 is 2.76 bits per heavy atom. The summed E-state index contributed by atoms with van der Waals surface area (Å²) in [7, 11) is 2.16. The van der Waals surface area contributed by atoms with E-state index in [-0.39, 0.29) is 0 Å². The van der Waals surface area contributed by atoms with Gasteiger partial charge in [0.2, 0.25) is 5.95 Å². The van der Waals surface area contributed by atoms with E-state index in [0.717, 1.165) is 65.4 Å². The Morgan fingerprint density at radius 1 is 1.00 bits per heavy atom. The van der Waals surface area contributed by atoms with Gasteiger partial charge < -0.3 is 24.5 Å². The molecule has 0 aliphatic carbocycles. The van der Waals surface area contributed by atoms with Crippen LogP contribution in [-0.2, 0) is 6.54 Å². The summed E-state index contributed by atoms with van der Waals surface area (Å²) in [4.78, 5) is 26.1. The molecule has 9 nitrogen and oxygen atoms in total. The van der Waals surface area contributed by atoms with Crippen LogP contribution in [0.25, 0.3) is 27.8 Å². The van der Waals surface area contributed by atoms with Crippen molar-refractivity contribution in [1.29, 1.82) is 0 Å². The van der Waals surface area contributed by atoms with Crippen molar-refractivity contribution < 1.29 is 0 Å². The van der Waals surface area contributed by atoms with Crippen molar-refractivity contribution >= 4 is 28.4 Å². The minimum atomic E-state index is 0.587. The molecule has 5 aromatic rings. The van der Waals surface area contributed by atoms with Gasteiger partial charge >= 0.3 is 0 Å². The molecule has 0 amide bonds. The lowest BCUT2D eigenvalue weighted by atomic mass is 10.1. The van der Waals surface area contributed by atoms with Crippen LogP contribution in [0.15, 0.2) is 61.4 Å². The molecule has 1 saturated heterocycles. The van der Waals surface area contributed by atoms with Crippen LogP contribution in [0.5, 0.6) is 0 Å². The Bertz CT molecular complexity index is 1390. The molecule has 1 fully saturated rings. The lowest BCUT2D eigenvalue weighted by Crippen LogP contribution is -2.44. The maximum absolute atomic E-state index is 4.66. The predicted molar refractivity (Wildman–Crippen MR) is 129 cm³/mol. The third kappa shape index (κ3) is 3.87. The van der Waals surface area contributed by atoms with Crippen molar-refractivity contribution in [2.75, 3.05) is 43.4 Å². The van der Waals surface area contributed by atoms with Gasteiger partial charge in [0.05, 0.1) is 0 Å². The predicted octanol–water partition coefficient (Wildman–Crippen LogP) is 3.03. The number of hydrogen-bond acceptors (Lipinski definition) is 7. The summed E-state index contributed by atoms with van der Waals surface area (Å²) in [5.41, 5.74) is 4.97. The Morgan fingerprint density at radius 2 is 1.91 bits per heavy atom. The summed E-state index contributed by atoms with van der Waals surface area (Å²) < 4.78 is 2.01. The van der Waals surface area contributed by atoms with Gasteiger partial charge in [-0.15, -0.1) is 0 Å². The standard InChI is InChI=1S/C24H25N9/c1-31-8-10-32(11-9-31)22-4-2-17(12-26-22)13-28-24-29-15-20-19(14-27-23(20)30-24)18-3-5-21-25-6-7-33(21)16-18/h2-7,12,14-16H,8-11,13H2,1H3,(H2,27,28,29,30). The molecular weight excluding hydrogens is 414 g/mol. The van der Waals surface area contributed by atoms with Crippen LogP contribution in [0, 0.1) is 0 Å². The Hall–Kier alpha value is -3.98. The number of aromatic nitrogens is 6. The first-order valence-electron chi connectivity index (χ1n) is 11.1. The molecule has 0 saturated carbocycles. The Kier molecular flexibility index (Phi) is 4.88. The van der Waals surface area contributed by atoms with Crippen molar-refractivity contribution in [3.8, 4) is 11.1 Å². The average molecular weight is 440 g/mol. The van der Waals surface area contributed by atoms with Gasteiger partial charge in [-0.3, -0.25) is 0 Å². The first-order chi connectivity index (χ1) is 16.2. The van der Waals surface area contributed by atoms with Crippen molar-refractivity contribution in [3.05, 3.63) is 67.0 Å². The fourth-order valence-electron chi connectivity index (χ4n) is 4.24. The van der Waals surface area contributed by atoms with E-state index in [2.05, 4.69) is 71.5 Å². The summed E-state index contributed by atoms with van der Waals surface area (Å²) in [6.07, 6.45) is 11.6. The number of nitrogens with zero attached hydrogens (tertiary/aromatic N) is 7. The number of fused-ring (bicyclic) bond motifs is 2. The van der Waals surface area contributed by atoms with Crippen molar-refractivity contribution in [1.82, 2.24) is 34.2 Å². The second-order valence-electron chi connectivity index (χ2n) is 8.44. The van der Waals surface area contributed by atoms with Gasteiger partial charge in [0.15, 0.2) is 0 Å². The van der Waals surface area contributed by atoms with Gasteiger partial charge in [0, 0.05) is 86.4 Å². The molecule has 9 heteroatoms. The molecular formula is C24H25N9. The lowest BCUT2D eigenvalue weighted by Gasteiger charge is -2.33. The molecule has 1 aliphatic rings. The highest BCUT2D eigenvalue weighted by Crippen LogP contribution is 2.28. The Labute approximate surface area is 191 Å². The molecule has 5 aromatic heterocycles. The van der Waals surface area contributed by atoms with Gasteiger partial charge in [0.25, 0.3) is 0 Å². The van der Waals surface area contributed by atoms with Crippen LogP contribution in [0.2, 0.25) is 0 Å². The number of nitrogens with one attached hydrogen (secondary N) is 2. The monoisotopic (exact) mass is 439 g/mol. The van der Waals surface area contributed by atoms with Gasteiger partial charge in [-0.05, 0) is 30.8 Å². The van der Waals surface area contributed by atoms with Crippen LogP contribution in [0.3, 0.4) is 0 Å². The third-order valence-corrected chi connectivity index (χ3v) is 6.22. The van der Waals surface area contributed by atoms with Crippen LogP contribution >= 0.6 is 0 Å². The molecule has 0 aromatic carbocycles. The van der Waals surface area contributed by atoms with Crippen LogP contribution in [0.1, 0.15) is 5.56 Å². The topological polar surface area (TPSA) is 90.3 Å². The molecule has 6 heterocycles. The highest BCUT2D eigenvalue weighted by molar-refractivity contribution is 5.93. The van der Waals surface area contributed by atoms with Gasteiger partial charge in [-0.2, -0.15) is 4.98 Å². The molecule has 0 bridgehead atoms. The summed E-state index contributed by atoms with van der Waals surface area (Å²) >= 11 is 0. The second kappa shape index (κ2) is 8.18. The number of rotatable bonds is 5. The largest absolute Gasteiger partial charge is 0.354 e. The maximum Gasteiger partial charge on any atom is 0.224 e. The number of anilines is 2. The zero-order chi connectivity index (χ0) is 22.2. The first kappa shape index (κ1) is 19.7. The molecule has 166 valence electrons. The van der Waals surface area contributed by atoms with E-state index in [9.17, 15) is 0 Å². The third-order valence-electron chi connectivity index (χ3n) is 6.22. The smallest absolute Gasteiger partial charge is 0.224 e. The molecule has 0 spiro atoms. The van der Waals surface area contributed by atoms with Crippen molar-refractivity contribution in [2.45, 2.75) is 6.54 Å². The van der Waals surface area contributed by atoms with E-state index >= 15 is 0 Å². The number of piperazine rings is 1. The molecule has 2 N–H and O–H groups in total. The number of pyridine rings is 2. The molecule has 33 heavy (non-hydrogen) atoms. The molecule has 1 aliphatic heterocycles. The number of aromatic amines is 1. The quantitative estimate of drug-likeness (QED) is 0.435. The molecule has 0 unspecified atom stereocenters. The molecule has 0 radical (unpaired) electrons. The van der Waals surface area contributed by atoms with Crippen molar-refractivity contribution in [3.63, 3.8) is 0 Å². The maximum atomic E-state index is 4.66. The summed E-state index contributed by atoms with van der Waals surface area (Å²) in [6.45, 7) is 4.80. The average Bonchev–Trinajstić information content (AvgIpc) is 3.50. The summed E-state index contributed by atoms with van der Waals surface area (Å²) in [5.74, 6) is 1.63. The van der Waals surface area contributed by atoms with Crippen LogP contribution < -0.4 is 10.2 Å². The fourth-order valence-corrected chi connectivity index (χ4v) is 4.24. The lowest BCUT2D eigenvalue weighted by molar-refractivity contribution is 0.312.